The van der Waals surface area contributed by atoms with E-state index in [0.717, 1.165) is 35.5 Å². The van der Waals surface area contributed by atoms with Crippen LogP contribution in [0.15, 0.2) is 36.2 Å². The molecule has 2 aliphatic heterocycles. The Morgan fingerprint density at radius 2 is 2.00 bits per heavy atom. The molecule has 2 aliphatic rings. The first-order valence-electron chi connectivity index (χ1n) is 10.4. The molecular weight excluding hydrogens is 414 g/mol. The highest BCUT2D eigenvalue weighted by atomic mass is 32.1. The van der Waals surface area contributed by atoms with Crippen LogP contribution in [0.4, 0.5) is 5.95 Å². The van der Waals surface area contributed by atoms with E-state index in [-0.39, 0.29) is 17.9 Å². The van der Waals surface area contributed by atoms with Crippen molar-refractivity contribution in [2.75, 3.05) is 24.6 Å². The summed E-state index contributed by atoms with van der Waals surface area (Å²) in [7, 11) is 0. The summed E-state index contributed by atoms with van der Waals surface area (Å²) in [4.78, 5) is 42.8. The van der Waals surface area contributed by atoms with Gasteiger partial charge in [0.1, 0.15) is 6.33 Å². The average Bonchev–Trinajstić information content (AvgIpc) is 3.52. The molecule has 0 radical (unpaired) electrons. The molecule has 0 aliphatic carbocycles. The van der Waals surface area contributed by atoms with Gasteiger partial charge in [0.05, 0.1) is 12.6 Å². The normalized spacial score (nSPS) is 19.7. The van der Waals surface area contributed by atoms with Crippen molar-refractivity contribution in [2.24, 2.45) is 5.92 Å². The van der Waals surface area contributed by atoms with Crippen molar-refractivity contribution < 1.29 is 9.63 Å². The maximum absolute atomic E-state index is 13.2. The van der Waals surface area contributed by atoms with Crippen LogP contribution in [0.3, 0.4) is 0 Å². The van der Waals surface area contributed by atoms with E-state index >= 15 is 0 Å². The number of pyridine rings is 1. The first kappa shape index (κ1) is 20.0. The summed E-state index contributed by atoms with van der Waals surface area (Å²) in [6.45, 7) is 3.93. The van der Waals surface area contributed by atoms with E-state index in [1.54, 1.807) is 11.3 Å². The van der Waals surface area contributed by atoms with Crippen LogP contribution in [0, 0.1) is 12.8 Å². The molecule has 9 nitrogen and oxygen atoms in total. The lowest BCUT2D eigenvalue weighted by molar-refractivity contribution is -0.182. The molecule has 1 atom stereocenters. The second kappa shape index (κ2) is 8.64. The number of carbonyl (C=O) groups excluding carboxylic acids is 1. The Balaban J connectivity index is 1.24. The van der Waals surface area contributed by atoms with Gasteiger partial charge in [-0.05, 0) is 31.4 Å². The topological polar surface area (TPSA) is 97.2 Å². The second-order valence-electron chi connectivity index (χ2n) is 7.74. The number of anilines is 1. The van der Waals surface area contributed by atoms with Gasteiger partial charge in [0.25, 0.3) is 0 Å². The Morgan fingerprint density at radius 1 is 1.13 bits per heavy atom. The number of aromatic nitrogens is 5. The van der Waals surface area contributed by atoms with E-state index in [1.165, 1.54) is 17.7 Å². The van der Waals surface area contributed by atoms with Crippen LogP contribution in [-0.2, 0) is 9.63 Å². The van der Waals surface area contributed by atoms with Crippen molar-refractivity contribution in [3.05, 3.63) is 47.5 Å². The maximum Gasteiger partial charge on any atom is 0.249 e. The maximum atomic E-state index is 13.2. The van der Waals surface area contributed by atoms with Gasteiger partial charge in [-0.2, -0.15) is 4.98 Å². The number of aryl methyl sites for hydroxylation is 1. The summed E-state index contributed by atoms with van der Waals surface area (Å²) in [5.41, 5.74) is 1.98. The predicted molar refractivity (Wildman–Crippen MR) is 115 cm³/mol. The lowest BCUT2D eigenvalue weighted by atomic mass is 9.95. The quantitative estimate of drug-likeness (QED) is 0.615. The minimum atomic E-state index is -0.0736. The summed E-state index contributed by atoms with van der Waals surface area (Å²) in [5, 5.41) is 4.25. The van der Waals surface area contributed by atoms with Crippen LogP contribution in [-0.4, -0.2) is 55.6 Å². The van der Waals surface area contributed by atoms with Gasteiger partial charge in [0.2, 0.25) is 11.9 Å². The highest BCUT2D eigenvalue weighted by Crippen LogP contribution is 2.33. The number of hydrogen-bond donors (Lipinski definition) is 0. The highest BCUT2D eigenvalue weighted by molar-refractivity contribution is 7.13. The number of nitrogens with zero attached hydrogens (tertiary/aromatic N) is 7. The van der Waals surface area contributed by atoms with Crippen LogP contribution < -0.4 is 4.90 Å². The van der Waals surface area contributed by atoms with Crippen molar-refractivity contribution in [3.8, 4) is 10.8 Å². The van der Waals surface area contributed by atoms with E-state index in [4.69, 9.17) is 4.84 Å². The van der Waals surface area contributed by atoms with Crippen LogP contribution in [0.2, 0.25) is 0 Å². The fourth-order valence-electron chi connectivity index (χ4n) is 4.05. The van der Waals surface area contributed by atoms with Crippen molar-refractivity contribution in [1.82, 2.24) is 30.0 Å². The Labute approximate surface area is 184 Å². The number of rotatable bonds is 4. The Kier molecular flexibility index (Phi) is 5.56. The molecule has 0 aromatic carbocycles. The number of hydroxylamine groups is 2. The SMILES string of the molecule is Cc1ccc([C@@H]2CCON2C(=O)C2CCN(c3ncnc(-c4nccs4)n3)CC2)cn1. The van der Waals surface area contributed by atoms with Crippen LogP contribution >= 0.6 is 11.3 Å². The minimum Gasteiger partial charge on any atom is -0.341 e. The molecule has 3 aromatic heterocycles. The molecule has 3 aromatic rings. The van der Waals surface area contributed by atoms with Crippen LogP contribution in [0.5, 0.6) is 0 Å². The van der Waals surface area contributed by atoms with E-state index < -0.39 is 0 Å². The van der Waals surface area contributed by atoms with Gasteiger partial charge in [-0.3, -0.25) is 14.6 Å². The first-order valence-corrected chi connectivity index (χ1v) is 11.3. The molecule has 0 N–H and O–H groups in total. The van der Waals surface area contributed by atoms with Crippen molar-refractivity contribution in [2.45, 2.75) is 32.2 Å². The zero-order valence-electron chi connectivity index (χ0n) is 17.2. The third-order valence-corrected chi connectivity index (χ3v) is 6.52. The number of piperidine rings is 1. The first-order chi connectivity index (χ1) is 15.2. The molecular formula is C21H23N7O2S. The van der Waals surface area contributed by atoms with E-state index in [9.17, 15) is 4.79 Å². The summed E-state index contributed by atoms with van der Waals surface area (Å²) in [6.07, 6.45) is 7.36. The van der Waals surface area contributed by atoms with Gasteiger partial charge in [-0.1, -0.05) is 6.07 Å². The molecule has 31 heavy (non-hydrogen) atoms. The number of amides is 1. The van der Waals surface area contributed by atoms with Gasteiger partial charge in [0, 0.05) is 48.9 Å². The number of hydrogen-bond acceptors (Lipinski definition) is 9. The third kappa shape index (κ3) is 4.13. The monoisotopic (exact) mass is 437 g/mol. The zero-order chi connectivity index (χ0) is 21.2. The molecule has 10 heteroatoms. The van der Waals surface area contributed by atoms with Gasteiger partial charge >= 0.3 is 0 Å². The molecule has 1 amide bonds. The van der Waals surface area contributed by atoms with Crippen molar-refractivity contribution in [3.63, 3.8) is 0 Å². The highest BCUT2D eigenvalue weighted by Gasteiger charge is 2.37. The average molecular weight is 438 g/mol. The van der Waals surface area contributed by atoms with E-state index in [1.807, 2.05) is 30.6 Å². The van der Waals surface area contributed by atoms with E-state index in [2.05, 4.69) is 29.8 Å². The number of thiazole rings is 1. The molecule has 160 valence electrons. The smallest absolute Gasteiger partial charge is 0.249 e. The van der Waals surface area contributed by atoms with Crippen molar-refractivity contribution >= 4 is 23.2 Å². The molecule has 0 unspecified atom stereocenters. The largest absolute Gasteiger partial charge is 0.341 e. The van der Waals surface area contributed by atoms with Gasteiger partial charge in [-0.15, -0.1) is 11.3 Å². The molecule has 2 saturated heterocycles. The van der Waals surface area contributed by atoms with Crippen molar-refractivity contribution in [1.29, 1.82) is 0 Å². The number of carbonyl (C=O) groups is 1. The summed E-state index contributed by atoms with van der Waals surface area (Å²) >= 11 is 1.50. The van der Waals surface area contributed by atoms with Gasteiger partial charge < -0.3 is 4.90 Å². The molecule has 2 fully saturated rings. The summed E-state index contributed by atoms with van der Waals surface area (Å²) in [6, 6.07) is 3.94. The second-order valence-corrected chi connectivity index (χ2v) is 8.64. The lowest BCUT2D eigenvalue weighted by Crippen LogP contribution is -2.42. The standard InChI is InChI=1S/C21H23N7O2S/c1-14-2-3-16(12-23-14)17-6-10-30-28(17)20(29)15-4-8-27(9-5-15)21-25-13-24-18(26-21)19-22-7-11-31-19/h2-3,7,11-13,15,17H,4-6,8-10H2,1H3/t17-/m0/s1. The van der Waals surface area contributed by atoms with E-state index in [0.29, 0.717) is 31.5 Å². The predicted octanol–water partition coefficient (Wildman–Crippen LogP) is 2.82. The zero-order valence-corrected chi connectivity index (χ0v) is 18.0. The lowest BCUT2D eigenvalue weighted by Gasteiger charge is -2.34. The van der Waals surface area contributed by atoms with Crippen LogP contribution in [0.1, 0.15) is 36.6 Å². The Bertz CT molecular complexity index is 1040. The molecule has 5 rings (SSSR count). The molecule has 0 bridgehead atoms. The molecule has 0 spiro atoms. The Morgan fingerprint density at radius 3 is 2.74 bits per heavy atom. The minimum absolute atomic E-state index is 0.0573. The third-order valence-electron chi connectivity index (χ3n) is 5.75. The summed E-state index contributed by atoms with van der Waals surface area (Å²) in [5.74, 6) is 1.20. The fourth-order valence-corrected chi connectivity index (χ4v) is 4.62. The molecule has 0 saturated carbocycles. The fraction of sp³-hybridized carbons (Fsp3) is 0.429. The van der Waals surface area contributed by atoms with Crippen LogP contribution in [0.25, 0.3) is 10.8 Å². The summed E-state index contributed by atoms with van der Waals surface area (Å²) < 4.78 is 0. The molecule has 5 heterocycles. The Hall–Kier alpha value is -2.98. The van der Waals surface area contributed by atoms with Gasteiger partial charge in [0.15, 0.2) is 10.8 Å². The van der Waals surface area contributed by atoms with Gasteiger partial charge in [-0.25, -0.2) is 20.0 Å².